The van der Waals surface area contributed by atoms with Gasteiger partial charge in [-0.2, -0.15) is 5.10 Å². The molecular weight excluding hydrogens is 323 g/mol. The third-order valence-electron chi connectivity index (χ3n) is 3.45. The average Bonchev–Trinajstić information content (AvgIpc) is 2.98. The Bertz CT molecular complexity index is 602. The van der Waals surface area contributed by atoms with Gasteiger partial charge in [0, 0.05) is 43.3 Å². The van der Waals surface area contributed by atoms with Crippen molar-refractivity contribution in [3.05, 3.63) is 42.2 Å². The molecule has 2 N–H and O–H groups in total. The molecule has 1 amide bonds. The number of benzene rings is 1. The molecule has 1 aromatic heterocycles. The van der Waals surface area contributed by atoms with Crippen molar-refractivity contribution in [1.29, 1.82) is 0 Å². The minimum Gasteiger partial charge on any atom is -0.385 e. The van der Waals surface area contributed by atoms with Crippen LogP contribution in [0.3, 0.4) is 0 Å². The predicted molar refractivity (Wildman–Crippen MR) is 93.2 cm³/mol. The molecule has 1 aliphatic heterocycles. The molecule has 0 radical (unpaired) electrons. The summed E-state index contributed by atoms with van der Waals surface area (Å²) in [6.45, 7) is 1.63. The second kappa shape index (κ2) is 8.66. The number of fused-ring (bicyclic) bond motifs is 1. The Hall–Kier alpha value is -1.72. The summed E-state index contributed by atoms with van der Waals surface area (Å²) in [5.74, 6) is 0.0178. The highest BCUT2D eigenvalue weighted by molar-refractivity contribution is 5.91. The minimum absolute atomic E-state index is 0. The lowest BCUT2D eigenvalue weighted by Crippen LogP contribution is -2.16. The Morgan fingerprint density at radius 1 is 1.36 bits per heavy atom. The van der Waals surface area contributed by atoms with E-state index >= 15 is 0 Å². The fraction of sp³-hybridized carbons (Fsp3) is 0.333. The molecule has 120 valence electrons. The molecule has 7 heteroatoms. The zero-order valence-electron chi connectivity index (χ0n) is 12.1. The summed E-state index contributed by atoms with van der Waals surface area (Å²) in [4.78, 5) is 11.9. The van der Waals surface area contributed by atoms with Gasteiger partial charge in [-0.25, -0.2) is 0 Å². The second-order valence-corrected chi connectivity index (χ2v) is 4.97. The molecule has 1 aromatic carbocycles. The molecule has 2 aromatic rings. The Morgan fingerprint density at radius 2 is 2.23 bits per heavy atom. The number of nitrogens with zero attached hydrogens (tertiary/aromatic N) is 2. The van der Waals surface area contributed by atoms with Gasteiger partial charge in [-0.1, -0.05) is 0 Å². The molecule has 0 fully saturated rings. The monoisotopic (exact) mass is 342 g/mol. The van der Waals surface area contributed by atoms with Gasteiger partial charge < -0.3 is 10.6 Å². The minimum atomic E-state index is 0. The second-order valence-electron chi connectivity index (χ2n) is 4.97. The topological polar surface area (TPSA) is 59.0 Å². The van der Waals surface area contributed by atoms with Crippen LogP contribution >= 0.6 is 24.8 Å². The highest BCUT2D eigenvalue weighted by atomic mass is 35.5. The van der Waals surface area contributed by atoms with Crippen LogP contribution in [0.25, 0.3) is 0 Å². The number of carbonyl (C=O) groups is 1. The van der Waals surface area contributed by atoms with Crippen LogP contribution in [0, 0.1) is 0 Å². The molecule has 0 saturated carbocycles. The molecule has 0 unspecified atom stereocenters. The number of aryl methyl sites for hydroxylation is 2. The quantitative estimate of drug-likeness (QED) is 0.897. The summed E-state index contributed by atoms with van der Waals surface area (Å²) in [5, 5.41) is 10.4. The van der Waals surface area contributed by atoms with Crippen molar-refractivity contribution < 1.29 is 4.79 Å². The van der Waals surface area contributed by atoms with Gasteiger partial charge in [0.05, 0.1) is 0 Å². The third-order valence-corrected chi connectivity index (χ3v) is 3.45. The number of hydrogen-bond acceptors (Lipinski definition) is 3. The van der Waals surface area contributed by atoms with Gasteiger partial charge in [-0.05, 0) is 42.7 Å². The Labute approximate surface area is 142 Å². The van der Waals surface area contributed by atoms with Crippen LogP contribution < -0.4 is 10.6 Å². The van der Waals surface area contributed by atoms with Crippen LogP contribution in [0.15, 0.2) is 36.7 Å². The molecule has 0 atom stereocenters. The SMILES string of the molecule is Cl.Cl.O=C(CCn1cccn1)Nc1ccc2c(c1)CCCN2. The van der Waals surface area contributed by atoms with Crippen molar-refractivity contribution >= 4 is 42.1 Å². The highest BCUT2D eigenvalue weighted by Crippen LogP contribution is 2.25. The van der Waals surface area contributed by atoms with Gasteiger partial charge in [0.15, 0.2) is 0 Å². The molecule has 2 heterocycles. The van der Waals surface area contributed by atoms with E-state index in [2.05, 4.69) is 21.8 Å². The van der Waals surface area contributed by atoms with Crippen LogP contribution in [0.1, 0.15) is 18.4 Å². The molecular formula is C15H20Cl2N4O. The van der Waals surface area contributed by atoms with Gasteiger partial charge in [0.1, 0.15) is 0 Å². The van der Waals surface area contributed by atoms with Gasteiger partial charge in [0.25, 0.3) is 0 Å². The molecule has 3 rings (SSSR count). The van der Waals surface area contributed by atoms with Crippen molar-refractivity contribution in [3.8, 4) is 0 Å². The van der Waals surface area contributed by atoms with Gasteiger partial charge in [0.2, 0.25) is 5.91 Å². The van der Waals surface area contributed by atoms with Crippen molar-refractivity contribution in [2.45, 2.75) is 25.8 Å². The fourth-order valence-electron chi connectivity index (χ4n) is 2.42. The smallest absolute Gasteiger partial charge is 0.226 e. The van der Waals surface area contributed by atoms with Crippen LogP contribution in [0.2, 0.25) is 0 Å². The highest BCUT2D eigenvalue weighted by Gasteiger charge is 2.10. The number of halogens is 2. The van der Waals surface area contributed by atoms with Crippen LogP contribution in [0.4, 0.5) is 11.4 Å². The zero-order chi connectivity index (χ0) is 13.8. The summed E-state index contributed by atoms with van der Waals surface area (Å²) in [6, 6.07) is 7.91. The van der Waals surface area contributed by atoms with Crippen molar-refractivity contribution in [1.82, 2.24) is 9.78 Å². The van der Waals surface area contributed by atoms with Crippen molar-refractivity contribution in [3.63, 3.8) is 0 Å². The first-order valence-electron chi connectivity index (χ1n) is 6.95. The number of rotatable bonds is 4. The maximum absolute atomic E-state index is 11.9. The Kier molecular flexibility index (Phi) is 7.21. The zero-order valence-corrected chi connectivity index (χ0v) is 13.8. The van der Waals surface area contributed by atoms with E-state index in [1.54, 1.807) is 10.9 Å². The standard InChI is InChI=1S/C15H18N4O.2ClH/c20-15(6-10-19-9-2-8-17-19)18-13-4-5-14-12(11-13)3-1-7-16-14;;/h2,4-5,8-9,11,16H,1,3,6-7,10H2,(H,18,20);2*1H. The largest absolute Gasteiger partial charge is 0.385 e. The maximum Gasteiger partial charge on any atom is 0.226 e. The Morgan fingerprint density at radius 3 is 3.00 bits per heavy atom. The molecule has 22 heavy (non-hydrogen) atoms. The predicted octanol–water partition coefficient (Wildman–Crippen LogP) is 3.11. The van der Waals surface area contributed by atoms with Crippen LogP contribution in [0.5, 0.6) is 0 Å². The maximum atomic E-state index is 11.9. The fourth-order valence-corrected chi connectivity index (χ4v) is 2.42. The lowest BCUT2D eigenvalue weighted by Gasteiger charge is -2.18. The van der Waals surface area contributed by atoms with E-state index in [1.807, 2.05) is 24.4 Å². The van der Waals surface area contributed by atoms with Crippen molar-refractivity contribution in [2.75, 3.05) is 17.2 Å². The number of hydrogen-bond donors (Lipinski definition) is 2. The summed E-state index contributed by atoms with van der Waals surface area (Å²) in [6.07, 6.45) is 6.21. The average molecular weight is 343 g/mol. The number of anilines is 2. The first kappa shape index (κ1) is 18.3. The van der Waals surface area contributed by atoms with E-state index in [0.29, 0.717) is 13.0 Å². The molecule has 0 aliphatic carbocycles. The van der Waals surface area contributed by atoms with E-state index in [4.69, 9.17) is 0 Å². The van der Waals surface area contributed by atoms with Gasteiger partial charge in [-0.15, -0.1) is 24.8 Å². The van der Waals surface area contributed by atoms with E-state index < -0.39 is 0 Å². The summed E-state index contributed by atoms with van der Waals surface area (Å²) in [5.41, 5.74) is 3.34. The van der Waals surface area contributed by atoms with Crippen molar-refractivity contribution in [2.24, 2.45) is 0 Å². The lowest BCUT2D eigenvalue weighted by atomic mass is 10.0. The number of nitrogens with one attached hydrogen (secondary N) is 2. The number of aromatic nitrogens is 2. The van der Waals surface area contributed by atoms with E-state index in [0.717, 1.165) is 25.1 Å². The molecule has 0 spiro atoms. The Balaban J connectivity index is 0.00000121. The third kappa shape index (κ3) is 4.64. The van der Waals surface area contributed by atoms with E-state index in [-0.39, 0.29) is 30.7 Å². The van der Waals surface area contributed by atoms with Crippen LogP contribution in [-0.4, -0.2) is 22.2 Å². The van der Waals surface area contributed by atoms with E-state index in [1.165, 1.54) is 11.3 Å². The number of amides is 1. The van der Waals surface area contributed by atoms with Gasteiger partial charge in [-0.3, -0.25) is 9.48 Å². The summed E-state index contributed by atoms with van der Waals surface area (Å²) >= 11 is 0. The summed E-state index contributed by atoms with van der Waals surface area (Å²) < 4.78 is 1.76. The summed E-state index contributed by atoms with van der Waals surface area (Å²) in [7, 11) is 0. The molecule has 1 aliphatic rings. The van der Waals surface area contributed by atoms with E-state index in [9.17, 15) is 4.79 Å². The first-order valence-corrected chi connectivity index (χ1v) is 6.95. The lowest BCUT2D eigenvalue weighted by molar-refractivity contribution is -0.116. The first-order chi connectivity index (χ1) is 9.81. The normalized spacial score (nSPS) is 12.2. The van der Waals surface area contributed by atoms with Gasteiger partial charge >= 0.3 is 0 Å². The number of carbonyl (C=O) groups excluding carboxylic acids is 1. The molecule has 0 bridgehead atoms. The molecule has 0 saturated heterocycles. The van der Waals surface area contributed by atoms with Crippen LogP contribution in [-0.2, 0) is 17.8 Å². The molecule has 5 nitrogen and oxygen atoms in total.